The first-order valence-electron chi connectivity index (χ1n) is 4.77. The molecule has 13 heavy (non-hydrogen) atoms. The van der Waals surface area contributed by atoms with Gasteiger partial charge in [-0.3, -0.25) is 0 Å². The van der Waals surface area contributed by atoms with E-state index in [2.05, 4.69) is 25.2 Å². The van der Waals surface area contributed by atoms with E-state index >= 15 is 0 Å². The molecule has 0 aromatic carbocycles. The number of nitrogens with one attached hydrogen (secondary N) is 1. The van der Waals surface area contributed by atoms with Crippen molar-refractivity contribution < 1.29 is 9.84 Å². The van der Waals surface area contributed by atoms with Gasteiger partial charge in [-0.1, -0.05) is 11.6 Å². The maximum Gasteiger partial charge on any atom is 0.102 e. The molecule has 1 rings (SSSR count). The summed E-state index contributed by atoms with van der Waals surface area (Å²) in [6.45, 7) is 6.72. The molecule has 0 aliphatic carbocycles. The maximum atomic E-state index is 9.85. The van der Waals surface area contributed by atoms with Crippen molar-refractivity contribution in [3.8, 4) is 0 Å². The van der Waals surface area contributed by atoms with Gasteiger partial charge in [-0.2, -0.15) is 0 Å². The molecule has 1 aliphatic rings. The predicted molar refractivity (Wildman–Crippen MR) is 52.7 cm³/mol. The van der Waals surface area contributed by atoms with Gasteiger partial charge >= 0.3 is 0 Å². The van der Waals surface area contributed by atoms with Gasteiger partial charge < -0.3 is 15.2 Å². The van der Waals surface area contributed by atoms with Crippen LogP contribution in [0.2, 0.25) is 0 Å². The Morgan fingerprint density at radius 3 is 2.92 bits per heavy atom. The smallest absolute Gasteiger partial charge is 0.102 e. The molecule has 1 unspecified atom stereocenters. The van der Waals surface area contributed by atoms with Gasteiger partial charge in [-0.05, 0) is 13.8 Å². The van der Waals surface area contributed by atoms with Crippen LogP contribution in [0, 0.1) is 0 Å². The van der Waals surface area contributed by atoms with Crippen molar-refractivity contribution in [2.75, 3.05) is 26.3 Å². The number of hydrogen-bond donors (Lipinski definition) is 2. The minimum absolute atomic E-state index is 0.467. The highest BCUT2D eigenvalue weighted by Gasteiger charge is 2.31. The largest absolute Gasteiger partial charge is 0.386 e. The number of rotatable bonds is 4. The molecule has 0 spiro atoms. The third kappa shape index (κ3) is 3.89. The second-order valence-corrected chi connectivity index (χ2v) is 3.94. The molecule has 0 amide bonds. The van der Waals surface area contributed by atoms with Crippen LogP contribution < -0.4 is 5.32 Å². The highest BCUT2D eigenvalue weighted by atomic mass is 16.5. The molecule has 1 aliphatic heterocycles. The SMILES string of the molecule is CC(C)=CCNCC1(O)CCOC1. The molecular weight excluding hydrogens is 166 g/mol. The van der Waals surface area contributed by atoms with Crippen LogP contribution in [0.25, 0.3) is 0 Å². The molecule has 0 saturated carbocycles. The third-order valence-corrected chi connectivity index (χ3v) is 2.19. The van der Waals surface area contributed by atoms with Gasteiger partial charge in [-0.25, -0.2) is 0 Å². The zero-order chi connectivity index (χ0) is 9.73. The summed E-state index contributed by atoms with van der Waals surface area (Å²) in [5.41, 5.74) is 0.664. The molecule has 1 heterocycles. The third-order valence-electron chi connectivity index (χ3n) is 2.19. The minimum atomic E-state index is -0.629. The lowest BCUT2D eigenvalue weighted by Gasteiger charge is -2.20. The Hall–Kier alpha value is -0.380. The molecule has 0 aromatic rings. The zero-order valence-corrected chi connectivity index (χ0v) is 8.47. The average Bonchev–Trinajstić information content (AvgIpc) is 2.47. The molecule has 1 saturated heterocycles. The predicted octanol–water partition coefficient (Wildman–Crippen LogP) is 0.694. The highest BCUT2D eigenvalue weighted by molar-refractivity contribution is 4.95. The van der Waals surface area contributed by atoms with Crippen LogP contribution in [0.4, 0.5) is 0 Å². The Kier molecular flexibility index (Phi) is 3.90. The summed E-state index contributed by atoms with van der Waals surface area (Å²) in [5.74, 6) is 0. The monoisotopic (exact) mass is 185 g/mol. The topological polar surface area (TPSA) is 41.5 Å². The number of ether oxygens (including phenoxy) is 1. The molecular formula is C10H19NO2. The summed E-state index contributed by atoms with van der Waals surface area (Å²) in [7, 11) is 0. The van der Waals surface area contributed by atoms with Crippen molar-refractivity contribution in [3.05, 3.63) is 11.6 Å². The molecule has 2 N–H and O–H groups in total. The summed E-state index contributed by atoms with van der Waals surface area (Å²) in [4.78, 5) is 0. The van der Waals surface area contributed by atoms with Gasteiger partial charge in [0.2, 0.25) is 0 Å². The minimum Gasteiger partial charge on any atom is -0.386 e. The van der Waals surface area contributed by atoms with E-state index in [1.807, 2.05) is 0 Å². The van der Waals surface area contributed by atoms with Crippen molar-refractivity contribution in [3.63, 3.8) is 0 Å². The average molecular weight is 185 g/mol. The van der Waals surface area contributed by atoms with Crippen LogP contribution in [0.3, 0.4) is 0 Å². The van der Waals surface area contributed by atoms with E-state index in [-0.39, 0.29) is 0 Å². The Balaban J connectivity index is 2.15. The van der Waals surface area contributed by atoms with Gasteiger partial charge in [0.25, 0.3) is 0 Å². The van der Waals surface area contributed by atoms with E-state index < -0.39 is 5.60 Å². The van der Waals surface area contributed by atoms with Crippen molar-refractivity contribution in [1.82, 2.24) is 5.32 Å². The van der Waals surface area contributed by atoms with Crippen LogP contribution in [-0.2, 0) is 4.74 Å². The number of aliphatic hydroxyl groups is 1. The van der Waals surface area contributed by atoms with Crippen molar-refractivity contribution >= 4 is 0 Å². The second kappa shape index (κ2) is 4.74. The summed E-state index contributed by atoms with van der Waals surface area (Å²) < 4.78 is 5.13. The van der Waals surface area contributed by atoms with Crippen LogP contribution in [0.5, 0.6) is 0 Å². The van der Waals surface area contributed by atoms with E-state index in [0.717, 1.165) is 13.0 Å². The van der Waals surface area contributed by atoms with Crippen LogP contribution in [-0.4, -0.2) is 37.0 Å². The standard InChI is InChI=1S/C10H19NO2/c1-9(2)3-5-11-7-10(12)4-6-13-8-10/h3,11-12H,4-8H2,1-2H3. The van der Waals surface area contributed by atoms with Crippen LogP contribution in [0.1, 0.15) is 20.3 Å². The van der Waals surface area contributed by atoms with Gasteiger partial charge in [0, 0.05) is 26.1 Å². The Bertz CT molecular complexity index is 179. The van der Waals surface area contributed by atoms with Gasteiger partial charge in [0.1, 0.15) is 5.60 Å². The first-order chi connectivity index (χ1) is 6.12. The summed E-state index contributed by atoms with van der Waals surface area (Å²) in [5, 5.41) is 13.0. The fourth-order valence-electron chi connectivity index (χ4n) is 1.32. The fraction of sp³-hybridized carbons (Fsp3) is 0.800. The molecule has 3 heteroatoms. The summed E-state index contributed by atoms with van der Waals surface area (Å²) in [6, 6.07) is 0. The van der Waals surface area contributed by atoms with E-state index in [1.165, 1.54) is 5.57 Å². The van der Waals surface area contributed by atoms with E-state index in [0.29, 0.717) is 19.8 Å². The first-order valence-corrected chi connectivity index (χ1v) is 4.77. The lowest BCUT2D eigenvalue weighted by atomic mass is 10.0. The molecule has 0 radical (unpaired) electrons. The molecule has 1 fully saturated rings. The number of allylic oxidation sites excluding steroid dienone is 1. The number of hydrogen-bond acceptors (Lipinski definition) is 3. The lowest BCUT2D eigenvalue weighted by molar-refractivity contribution is 0.0279. The second-order valence-electron chi connectivity index (χ2n) is 3.94. The maximum absolute atomic E-state index is 9.85. The Morgan fingerprint density at radius 2 is 2.38 bits per heavy atom. The van der Waals surface area contributed by atoms with Gasteiger partial charge in [0.15, 0.2) is 0 Å². The molecule has 0 aromatic heterocycles. The molecule has 0 bridgehead atoms. The van der Waals surface area contributed by atoms with Crippen molar-refractivity contribution in [2.24, 2.45) is 0 Å². The quantitative estimate of drug-likeness (QED) is 0.500. The fourth-order valence-corrected chi connectivity index (χ4v) is 1.32. The molecule has 1 atom stereocenters. The zero-order valence-electron chi connectivity index (χ0n) is 8.47. The van der Waals surface area contributed by atoms with Crippen molar-refractivity contribution in [2.45, 2.75) is 25.9 Å². The summed E-state index contributed by atoms with van der Waals surface area (Å²) in [6.07, 6.45) is 2.86. The van der Waals surface area contributed by atoms with Crippen LogP contribution in [0.15, 0.2) is 11.6 Å². The highest BCUT2D eigenvalue weighted by Crippen LogP contribution is 2.16. The Morgan fingerprint density at radius 1 is 1.62 bits per heavy atom. The van der Waals surface area contributed by atoms with E-state index in [1.54, 1.807) is 0 Å². The van der Waals surface area contributed by atoms with Gasteiger partial charge in [-0.15, -0.1) is 0 Å². The molecule has 3 nitrogen and oxygen atoms in total. The van der Waals surface area contributed by atoms with Crippen LogP contribution >= 0.6 is 0 Å². The lowest BCUT2D eigenvalue weighted by Crippen LogP contribution is -2.41. The van der Waals surface area contributed by atoms with Crippen molar-refractivity contribution in [1.29, 1.82) is 0 Å². The van der Waals surface area contributed by atoms with E-state index in [9.17, 15) is 5.11 Å². The first kappa shape index (κ1) is 10.7. The normalized spacial score (nSPS) is 27.6. The Labute approximate surface area is 79.8 Å². The summed E-state index contributed by atoms with van der Waals surface area (Å²) >= 11 is 0. The molecule has 76 valence electrons. The van der Waals surface area contributed by atoms with E-state index in [4.69, 9.17) is 4.74 Å². The van der Waals surface area contributed by atoms with Gasteiger partial charge in [0.05, 0.1) is 6.61 Å².